The number of hydrogen-bond donors (Lipinski definition) is 3. The molecule has 3 N–H and O–H groups in total. The first-order chi connectivity index (χ1) is 4.25. The van der Waals surface area contributed by atoms with E-state index in [1.807, 2.05) is 6.92 Å². The second-order valence-electron chi connectivity index (χ2n) is 2.26. The van der Waals surface area contributed by atoms with Crippen molar-refractivity contribution in [1.82, 2.24) is 15.8 Å². The fourth-order valence-electron chi connectivity index (χ4n) is 1.06. The second-order valence-corrected chi connectivity index (χ2v) is 2.26. The van der Waals surface area contributed by atoms with Crippen LogP contribution in [0.15, 0.2) is 0 Å². The highest BCUT2D eigenvalue weighted by molar-refractivity contribution is 4.74. The number of rotatable bonds is 1. The normalized spacial score (nSPS) is 37.7. The van der Waals surface area contributed by atoms with Gasteiger partial charge in [0.15, 0.2) is 6.35 Å². The zero-order valence-electron chi connectivity index (χ0n) is 5.76. The Kier molecular flexibility index (Phi) is 2.02. The molecule has 0 radical (unpaired) electrons. The minimum Gasteiger partial charge on any atom is -0.364 e. The maximum Gasteiger partial charge on any atom is 0.176 e. The summed E-state index contributed by atoms with van der Waals surface area (Å²) in [7, 11) is 1.80. The van der Waals surface area contributed by atoms with Crippen molar-refractivity contribution >= 4 is 0 Å². The van der Waals surface area contributed by atoms with Crippen LogP contribution in [-0.4, -0.2) is 36.1 Å². The van der Waals surface area contributed by atoms with Gasteiger partial charge in [-0.25, -0.2) is 0 Å². The molecule has 0 bridgehead atoms. The molecule has 4 nitrogen and oxygen atoms in total. The van der Waals surface area contributed by atoms with Gasteiger partial charge in [0, 0.05) is 12.6 Å². The molecule has 0 spiro atoms. The summed E-state index contributed by atoms with van der Waals surface area (Å²) in [5.41, 5.74) is 2.88. The first kappa shape index (κ1) is 6.95. The lowest BCUT2D eigenvalue weighted by atomic mass is 10.4. The predicted octanol–water partition coefficient (Wildman–Crippen LogP) is -1.31. The molecule has 1 saturated heterocycles. The van der Waals surface area contributed by atoms with Crippen molar-refractivity contribution in [3.8, 4) is 0 Å². The molecular weight excluding hydrogens is 118 g/mol. The van der Waals surface area contributed by atoms with E-state index in [0.717, 1.165) is 6.54 Å². The van der Waals surface area contributed by atoms with Crippen molar-refractivity contribution in [2.75, 3.05) is 13.6 Å². The van der Waals surface area contributed by atoms with Gasteiger partial charge in [-0.3, -0.25) is 10.7 Å². The van der Waals surface area contributed by atoms with Gasteiger partial charge in [-0.15, -0.1) is 0 Å². The molecule has 0 aromatic heterocycles. The number of nitrogens with zero attached hydrogens (tertiary/aromatic N) is 1. The molecule has 1 aliphatic heterocycles. The standard InChI is InChI=1S/C5H13N3O/c1-4-3-7-5(9)8(4)6-2/h4-7,9H,3H2,1-2H3. The molecule has 54 valence electrons. The molecule has 1 heterocycles. The van der Waals surface area contributed by atoms with Gasteiger partial charge in [-0.2, -0.15) is 5.01 Å². The lowest BCUT2D eigenvalue weighted by Gasteiger charge is -2.21. The Balaban J connectivity index is 2.44. The van der Waals surface area contributed by atoms with Crippen LogP contribution >= 0.6 is 0 Å². The Hall–Kier alpha value is -0.160. The number of aliphatic hydroxyl groups excluding tert-OH is 1. The van der Waals surface area contributed by atoms with E-state index in [1.54, 1.807) is 12.1 Å². The molecule has 9 heavy (non-hydrogen) atoms. The van der Waals surface area contributed by atoms with Crippen molar-refractivity contribution in [2.24, 2.45) is 0 Å². The minimum absolute atomic E-state index is 0.366. The van der Waals surface area contributed by atoms with E-state index in [2.05, 4.69) is 10.7 Å². The molecule has 0 amide bonds. The highest BCUT2D eigenvalue weighted by Gasteiger charge is 2.26. The van der Waals surface area contributed by atoms with E-state index in [1.165, 1.54) is 0 Å². The van der Waals surface area contributed by atoms with Crippen LogP contribution in [0.1, 0.15) is 6.92 Å². The molecule has 1 aliphatic rings. The van der Waals surface area contributed by atoms with Crippen LogP contribution in [0.2, 0.25) is 0 Å². The summed E-state index contributed by atoms with van der Waals surface area (Å²) in [6.07, 6.45) is -0.523. The molecule has 1 rings (SSSR count). The number of nitrogens with one attached hydrogen (secondary N) is 2. The minimum atomic E-state index is -0.523. The quantitative estimate of drug-likeness (QED) is 0.413. The number of hydrogen-bond acceptors (Lipinski definition) is 4. The molecule has 1 fully saturated rings. The van der Waals surface area contributed by atoms with E-state index in [9.17, 15) is 0 Å². The van der Waals surface area contributed by atoms with Gasteiger partial charge in [0.05, 0.1) is 0 Å². The Bertz CT molecular complexity index is 88.2. The van der Waals surface area contributed by atoms with E-state index in [4.69, 9.17) is 5.11 Å². The largest absolute Gasteiger partial charge is 0.364 e. The molecule has 0 aromatic carbocycles. The Morgan fingerprint density at radius 2 is 2.44 bits per heavy atom. The first-order valence-electron chi connectivity index (χ1n) is 3.13. The monoisotopic (exact) mass is 131 g/mol. The van der Waals surface area contributed by atoms with Crippen LogP contribution in [0.3, 0.4) is 0 Å². The van der Waals surface area contributed by atoms with Crippen LogP contribution in [0.25, 0.3) is 0 Å². The van der Waals surface area contributed by atoms with E-state index in [0.29, 0.717) is 6.04 Å². The lowest BCUT2D eigenvalue weighted by molar-refractivity contribution is -0.0223. The highest BCUT2D eigenvalue weighted by Crippen LogP contribution is 2.03. The molecule has 0 aromatic rings. The summed E-state index contributed by atoms with van der Waals surface area (Å²) in [5, 5.41) is 13.8. The summed E-state index contributed by atoms with van der Waals surface area (Å²) < 4.78 is 0. The predicted molar refractivity (Wildman–Crippen MR) is 34.4 cm³/mol. The van der Waals surface area contributed by atoms with Crippen LogP contribution in [0.4, 0.5) is 0 Å². The fourth-order valence-corrected chi connectivity index (χ4v) is 1.06. The third kappa shape index (κ3) is 1.21. The van der Waals surface area contributed by atoms with Crippen LogP contribution in [0, 0.1) is 0 Å². The molecule has 0 aliphatic carbocycles. The average molecular weight is 131 g/mol. The number of hydrazine groups is 1. The van der Waals surface area contributed by atoms with Gasteiger partial charge < -0.3 is 5.11 Å². The van der Waals surface area contributed by atoms with Gasteiger partial charge in [0.2, 0.25) is 0 Å². The molecular formula is C5H13N3O. The van der Waals surface area contributed by atoms with E-state index >= 15 is 0 Å². The van der Waals surface area contributed by atoms with Crippen LogP contribution in [0.5, 0.6) is 0 Å². The topological polar surface area (TPSA) is 47.5 Å². The fraction of sp³-hybridized carbons (Fsp3) is 1.00. The summed E-state index contributed by atoms with van der Waals surface area (Å²) in [6.45, 7) is 2.88. The van der Waals surface area contributed by atoms with Gasteiger partial charge >= 0.3 is 0 Å². The van der Waals surface area contributed by atoms with Crippen LogP contribution < -0.4 is 10.7 Å². The van der Waals surface area contributed by atoms with E-state index in [-0.39, 0.29) is 0 Å². The Labute approximate surface area is 54.8 Å². The first-order valence-corrected chi connectivity index (χ1v) is 3.13. The summed E-state index contributed by atoms with van der Waals surface area (Å²) in [5.74, 6) is 0. The Morgan fingerprint density at radius 3 is 2.67 bits per heavy atom. The van der Waals surface area contributed by atoms with Crippen molar-refractivity contribution in [3.05, 3.63) is 0 Å². The molecule has 2 atom stereocenters. The third-order valence-electron chi connectivity index (χ3n) is 1.59. The Morgan fingerprint density at radius 1 is 1.78 bits per heavy atom. The smallest absolute Gasteiger partial charge is 0.176 e. The molecule has 2 unspecified atom stereocenters. The maximum atomic E-state index is 9.11. The second kappa shape index (κ2) is 2.62. The third-order valence-corrected chi connectivity index (χ3v) is 1.59. The zero-order chi connectivity index (χ0) is 6.85. The highest BCUT2D eigenvalue weighted by atomic mass is 16.3. The van der Waals surface area contributed by atoms with Gasteiger partial charge in [0.25, 0.3) is 0 Å². The summed E-state index contributed by atoms with van der Waals surface area (Å²) >= 11 is 0. The molecule has 0 saturated carbocycles. The van der Waals surface area contributed by atoms with Gasteiger partial charge in [0.1, 0.15) is 0 Å². The van der Waals surface area contributed by atoms with Gasteiger partial charge in [-0.05, 0) is 14.0 Å². The van der Waals surface area contributed by atoms with Crippen molar-refractivity contribution < 1.29 is 5.11 Å². The summed E-state index contributed by atoms with van der Waals surface area (Å²) in [6, 6.07) is 0.366. The van der Waals surface area contributed by atoms with Crippen molar-refractivity contribution in [3.63, 3.8) is 0 Å². The zero-order valence-corrected chi connectivity index (χ0v) is 5.76. The maximum absolute atomic E-state index is 9.11. The van der Waals surface area contributed by atoms with Crippen molar-refractivity contribution in [2.45, 2.75) is 19.3 Å². The van der Waals surface area contributed by atoms with Gasteiger partial charge in [-0.1, -0.05) is 0 Å². The SMILES string of the molecule is CNN1C(C)CNC1O. The average Bonchev–Trinajstić information content (AvgIpc) is 2.12. The van der Waals surface area contributed by atoms with E-state index < -0.39 is 6.35 Å². The lowest BCUT2D eigenvalue weighted by Crippen LogP contribution is -2.45. The number of aliphatic hydroxyl groups is 1. The molecule has 4 heteroatoms. The van der Waals surface area contributed by atoms with Crippen molar-refractivity contribution in [1.29, 1.82) is 0 Å². The van der Waals surface area contributed by atoms with Crippen LogP contribution in [-0.2, 0) is 0 Å². The summed E-state index contributed by atoms with van der Waals surface area (Å²) in [4.78, 5) is 0.